The molecule has 0 heterocycles. The minimum absolute atomic E-state index is 0.0829. The summed E-state index contributed by atoms with van der Waals surface area (Å²) in [6.45, 7) is 2.49. The van der Waals surface area contributed by atoms with Crippen molar-refractivity contribution in [2.45, 2.75) is 51.2 Å². The van der Waals surface area contributed by atoms with Crippen molar-refractivity contribution in [1.82, 2.24) is 5.32 Å². The SMILES string of the molecule is CCOCC(=O)NC1CCCCCC1O. The van der Waals surface area contributed by atoms with E-state index in [-0.39, 0.29) is 18.6 Å². The number of carbonyl (C=O) groups excluding carboxylic acids is 1. The second-order valence-electron chi connectivity index (χ2n) is 4.02. The molecule has 1 aliphatic rings. The van der Waals surface area contributed by atoms with Gasteiger partial charge >= 0.3 is 0 Å². The third kappa shape index (κ3) is 4.62. The van der Waals surface area contributed by atoms with Crippen LogP contribution in [0.4, 0.5) is 0 Å². The summed E-state index contributed by atoms with van der Waals surface area (Å²) in [5.41, 5.74) is 0. The van der Waals surface area contributed by atoms with Gasteiger partial charge in [-0.05, 0) is 19.8 Å². The zero-order valence-electron chi connectivity index (χ0n) is 9.37. The van der Waals surface area contributed by atoms with Crippen molar-refractivity contribution < 1.29 is 14.6 Å². The molecule has 0 saturated heterocycles. The molecule has 1 rings (SSSR count). The van der Waals surface area contributed by atoms with Crippen LogP contribution < -0.4 is 5.32 Å². The van der Waals surface area contributed by atoms with Gasteiger partial charge < -0.3 is 15.2 Å². The fourth-order valence-corrected chi connectivity index (χ4v) is 1.90. The maximum atomic E-state index is 11.4. The van der Waals surface area contributed by atoms with Crippen LogP contribution in [0.3, 0.4) is 0 Å². The Morgan fingerprint density at radius 2 is 2.13 bits per heavy atom. The van der Waals surface area contributed by atoms with Crippen molar-refractivity contribution in [3.8, 4) is 0 Å². The Hall–Kier alpha value is -0.610. The maximum absolute atomic E-state index is 11.4. The van der Waals surface area contributed by atoms with E-state index in [4.69, 9.17) is 4.74 Å². The number of ether oxygens (including phenoxy) is 1. The minimum atomic E-state index is -0.391. The van der Waals surface area contributed by atoms with Gasteiger partial charge in [0.1, 0.15) is 6.61 Å². The third-order valence-corrected chi connectivity index (χ3v) is 2.76. The molecule has 88 valence electrons. The van der Waals surface area contributed by atoms with E-state index in [0.717, 1.165) is 32.1 Å². The van der Waals surface area contributed by atoms with E-state index in [1.165, 1.54) is 0 Å². The summed E-state index contributed by atoms with van der Waals surface area (Å²) >= 11 is 0. The highest BCUT2D eigenvalue weighted by atomic mass is 16.5. The molecule has 2 atom stereocenters. The average molecular weight is 215 g/mol. The number of amides is 1. The Morgan fingerprint density at radius 1 is 1.40 bits per heavy atom. The number of hydrogen-bond donors (Lipinski definition) is 2. The van der Waals surface area contributed by atoms with Crippen molar-refractivity contribution in [3.63, 3.8) is 0 Å². The first-order valence-electron chi connectivity index (χ1n) is 5.79. The monoisotopic (exact) mass is 215 g/mol. The molecule has 0 aliphatic heterocycles. The third-order valence-electron chi connectivity index (χ3n) is 2.76. The van der Waals surface area contributed by atoms with Crippen molar-refractivity contribution in [1.29, 1.82) is 0 Å². The predicted octanol–water partition coefficient (Wildman–Crippen LogP) is 0.833. The average Bonchev–Trinajstić information content (AvgIpc) is 2.42. The largest absolute Gasteiger partial charge is 0.391 e. The molecule has 1 saturated carbocycles. The lowest BCUT2D eigenvalue weighted by molar-refractivity contribution is -0.127. The van der Waals surface area contributed by atoms with Gasteiger partial charge in [0.15, 0.2) is 0 Å². The zero-order chi connectivity index (χ0) is 11.1. The summed E-state index contributed by atoms with van der Waals surface area (Å²) in [7, 11) is 0. The summed E-state index contributed by atoms with van der Waals surface area (Å²) in [5.74, 6) is -0.122. The molecule has 0 radical (unpaired) electrons. The molecule has 0 bridgehead atoms. The zero-order valence-corrected chi connectivity index (χ0v) is 9.37. The van der Waals surface area contributed by atoms with Crippen molar-refractivity contribution in [3.05, 3.63) is 0 Å². The summed E-state index contributed by atoms with van der Waals surface area (Å²) in [4.78, 5) is 11.4. The van der Waals surface area contributed by atoms with E-state index in [9.17, 15) is 9.90 Å². The van der Waals surface area contributed by atoms with Crippen LogP contribution in [-0.2, 0) is 9.53 Å². The van der Waals surface area contributed by atoms with Gasteiger partial charge in [0, 0.05) is 6.61 Å². The Bertz CT molecular complexity index is 196. The summed E-state index contributed by atoms with van der Waals surface area (Å²) in [5, 5.41) is 12.6. The van der Waals surface area contributed by atoms with Gasteiger partial charge in [-0.3, -0.25) is 4.79 Å². The maximum Gasteiger partial charge on any atom is 0.246 e. The normalized spacial score (nSPS) is 27.1. The first-order chi connectivity index (χ1) is 7.24. The van der Waals surface area contributed by atoms with Gasteiger partial charge in [-0.25, -0.2) is 0 Å². The number of rotatable bonds is 4. The second-order valence-corrected chi connectivity index (χ2v) is 4.02. The molecule has 0 aromatic rings. The van der Waals surface area contributed by atoms with E-state index in [2.05, 4.69) is 5.32 Å². The van der Waals surface area contributed by atoms with E-state index >= 15 is 0 Å². The number of hydrogen-bond acceptors (Lipinski definition) is 3. The van der Waals surface area contributed by atoms with Crippen LogP contribution in [0.2, 0.25) is 0 Å². The van der Waals surface area contributed by atoms with E-state index in [1.807, 2.05) is 6.92 Å². The van der Waals surface area contributed by atoms with Crippen LogP contribution in [0.1, 0.15) is 39.0 Å². The van der Waals surface area contributed by atoms with Gasteiger partial charge in [-0.1, -0.05) is 19.3 Å². The smallest absolute Gasteiger partial charge is 0.246 e. The molecule has 1 fully saturated rings. The van der Waals surface area contributed by atoms with Gasteiger partial charge in [0.2, 0.25) is 5.91 Å². The molecule has 4 nitrogen and oxygen atoms in total. The molecule has 0 aromatic carbocycles. The molecule has 2 N–H and O–H groups in total. The fraction of sp³-hybridized carbons (Fsp3) is 0.909. The van der Waals surface area contributed by atoms with Crippen molar-refractivity contribution >= 4 is 5.91 Å². The highest BCUT2D eigenvalue weighted by molar-refractivity contribution is 5.77. The van der Waals surface area contributed by atoms with Crippen LogP contribution >= 0.6 is 0 Å². The van der Waals surface area contributed by atoms with Gasteiger partial charge in [-0.15, -0.1) is 0 Å². The molecule has 15 heavy (non-hydrogen) atoms. The fourth-order valence-electron chi connectivity index (χ4n) is 1.90. The second kappa shape index (κ2) is 6.80. The first kappa shape index (κ1) is 12.5. The molecule has 1 amide bonds. The lowest BCUT2D eigenvalue weighted by Crippen LogP contribution is -2.44. The highest BCUT2D eigenvalue weighted by Gasteiger charge is 2.22. The lowest BCUT2D eigenvalue weighted by atomic mass is 10.1. The quantitative estimate of drug-likeness (QED) is 0.683. The van der Waals surface area contributed by atoms with E-state index in [0.29, 0.717) is 6.61 Å². The molecular formula is C11H21NO3. The molecule has 0 spiro atoms. The molecule has 2 unspecified atom stereocenters. The molecular weight excluding hydrogens is 194 g/mol. The number of carbonyl (C=O) groups is 1. The van der Waals surface area contributed by atoms with Gasteiger partial charge in [0.25, 0.3) is 0 Å². The van der Waals surface area contributed by atoms with Crippen LogP contribution in [-0.4, -0.2) is 36.4 Å². The Kier molecular flexibility index (Phi) is 5.65. The number of nitrogens with one attached hydrogen (secondary N) is 1. The lowest BCUT2D eigenvalue weighted by Gasteiger charge is -2.21. The van der Waals surface area contributed by atoms with Gasteiger partial charge in [-0.2, -0.15) is 0 Å². The van der Waals surface area contributed by atoms with E-state index < -0.39 is 6.10 Å². The van der Waals surface area contributed by atoms with Crippen molar-refractivity contribution in [2.24, 2.45) is 0 Å². The van der Waals surface area contributed by atoms with Gasteiger partial charge in [0.05, 0.1) is 12.1 Å². The minimum Gasteiger partial charge on any atom is -0.391 e. The first-order valence-corrected chi connectivity index (χ1v) is 5.79. The van der Waals surface area contributed by atoms with E-state index in [1.54, 1.807) is 0 Å². The summed E-state index contributed by atoms with van der Waals surface area (Å²) in [6.07, 6.45) is 4.56. The summed E-state index contributed by atoms with van der Waals surface area (Å²) < 4.78 is 5.01. The Labute approximate surface area is 91.0 Å². The standard InChI is InChI=1S/C11H21NO3/c1-2-15-8-11(14)12-9-6-4-3-5-7-10(9)13/h9-10,13H,2-8H2,1H3,(H,12,14). The van der Waals surface area contributed by atoms with Crippen LogP contribution in [0.5, 0.6) is 0 Å². The Morgan fingerprint density at radius 3 is 2.87 bits per heavy atom. The molecule has 1 aliphatic carbocycles. The topological polar surface area (TPSA) is 58.6 Å². The predicted molar refractivity (Wildman–Crippen MR) is 57.5 cm³/mol. The van der Waals surface area contributed by atoms with Crippen LogP contribution in [0.15, 0.2) is 0 Å². The van der Waals surface area contributed by atoms with Crippen molar-refractivity contribution in [2.75, 3.05) is 13.2 Å². The molecule has 0 aromatic heterocycles. The molecule has 4 heteroatoms. The van der Waals surface area contributed by atoms with Crippen LogP contribution in [0.25, 0.3) is 0 Å². The number of aliphatic hydroxyl groups is 1. The van der Waals surface area contributed by atoms with Crippen LogP contribution in [0, 0.1) is 0 Å². The Balaban J connectivity index is 2.30. The highest BCUT2D eigenvalue weighted by Crippen LogP contribution is 2.17. The summed E-state index contributed by atoms with van der Waals surface area (Å²) in [6, 6.07) is -0.0829. The number of aliphatic hydroxyl groups excluding tert-OH is 1.